The highest BCUT2D eigenvalue weighted by Gasteiger charge is 2.44. The van der Waals surface area contributed by atoms with Gasteiger partial charge in [0.1, 0.15) is 24.4 Å². The van der Waals surface area contributed by atoms with Crippen LogP contribution in [0, 0.1) is 0 Å². The van der Waals surface area contributed by atoms with Gasteiger partial charge in [-0.3, -0.25) is 4.79 Å². The van der Waals surface area contributed by atoms with Gasteiger partial charge in [-0.05, 0) is 109 Å². The van der Waals surface area contributed by atoms with E-state index in [1.54, 1.807) is 6.08 Å². The summed E-state index contributed by atoms with van der Waals surface area (Å²) < 4.78 is 11.2. The Hall–Kier alpha value is -3.93. The van der Waals surface area contributed by atoms with Crippen LogP contribution in [-0.4, -0.2) is 87.5 Å². The predicted octanol–water partition coefficient (Wildman–Crippen LogP) is 13.9. The first-order chi connectivity index (χ1) is 35.3. The van der Waals surface area contributed by atoms with Crippen LogP contribution in [0.4, 0.5) is 0 Å². The molecule has 1 amide bonds. The van der Waals surface area contributed by atoms with Crippen LogP contribution in [0.15, 0.2) is 146 Å². The van der Waals surface area contributed by atoms with Crippen molar-refractivity contribution in [3.63, 3.8) is 0 Å². The number of hydrogen-bond donors (Lipinski definition) is 6. The third-order valence-electron chi connectivity index (χ3n) is 12.1. The van der Waals surface area contributed by atoms with Gasteiger partial charge in [0, 0.05) is 6.42 Å². The minimum Gasteiger partial charge on any atom is -0.394 e. The van der Waals surface area contributed by atoms with Gasteiger partial charge in [-0.15, -0.1) is 0 Å². The monoisotopic (exact) mass is 1000 g/mol. The first kappa shape index (κ1) is 66.1. The summed E-state index contributed by atoms with van der Waals surface area (Å²) in [4.78, 5) is 13.0. The van der Waals surface area contributed by atoms with Gasteiger partial charge in [0.2, 0.25) is 5.91 Å². The Labute approximate surface area is 438 Å². The quantitative estimate of drug-likeness (QED) is 0.0261. The molecule has 1 saturated heterocycles. The Balaban J connectivity index is 2.36. The number of nitrogens with one attached hydrogen (secondary N) is 1. The fourth-order valence-corrected chi connectivity index (χ4v) is 7.72. The smallest absolute Gasteiger partial charge is 0.220 e. The molecule has 1 rings (SSSR count). The summed E-state index contributed by atoms with van der Waals surface area (Å²) in [5.41, 5.74) is 0. The van der Waals surface area contributed by atoms with E-state index in [4.69, 9.17) is 9.47 Å². The number of aliphatic hydroxyl groups excluding tert-OH is 5. The van der Waals surface area contributed by atoms with Crippen LogP contribution in [0.5, 0.6) is 0 Å². The average molecular weight is 1000 g/mol. The maximum atomic E-state index is 13.0. The molecular formula is C63H101NO8. The fourth-order valence-electron chi connectivity index (χ4n) is 7.72. The summed E-state index contributed by atoms with van der Waals surface area (Å²) in [6.45, 7) is 3.59. The van der Waals surface area contributed by atoms with E-state index in [1.165, 1.54) is 64.2 Å². The molecule has 72 heavy (non-hydrogen) atoms. The second-order valence-electron chi connectivity index (χ2n) is 18.6. The van der Waals surface area contributed by atoms with E-state index >= 15 is 0 Å². The maximum Gasteiger partial charge on any atom is 0.220 e. The summed E-state index contributed by atoms with van der Waals surface area (Å²) >= 11 is 0. The zero-order valence-corrected chi connectivity index (χ0v) is 44.9. The lowest BCUT2D eigenvalue weighted by molar-refractivity contribution is -0.302. The predicted molar refractivity (Wildman–Crippen MR) is 303 cm³/mol. The number of ether oxygens (including phenoxy) is 2. The zero-order valence-electron chi connectivity index (χ0n) is 44.9. The summed E-state index contributed by atoms with van der Waals surface area (Å²) in [5.74, 6) is -0.255. The van der Waals surface area contributed by atoms with Crippen molar-refractivity contribution in [2.75, 3.05) is 13.2 Å². The molecule has 9 heteroatoms. The second-order valence-corrected chi connectivity index (χ2v) is 18.6. The van der Waals surface area contributed by atoms with Crippen molar-refractivity contribution in [1.29, 1.82) is 0 Å². The topological polar surface area (TPSA) is 149 Å². The van der Waals surface area contributed by atoms with E-state index in [0.717, 1.165) is 89.9 Å². The van der Waals surface area contributed by atoms with Gasteiger partial charge >= 0.3 is 0 Å². The molecule has 7 atom stereocenters. The highest BCUT2D eigenvalue weighted by molar-refractivity contribution is 5.76. The second kappa shape index (κ2) is 50.6. The minimum atomic E-state index is -1.60. The van der Waals surface area contributed by atoms with Crippen molar-refractivity contribution in [2.24, 2.45) is 0 Å². The molecule has 0 radical (unpaired) electrons. The highest BCUT2D eigenvalue weighted by atomic mass is 16.7. The van der Waals surface area contributed by atoms with Gasteiger partial charge in [0.05, 0.1) is 25.4 Å². The molecule has 0 bridgehead atoms. The fraction of sp³-hybridized carbons (Fsp3) is 0.603. The summed E-state index contributed by atoms with van der Waals surface area (Å²) in [5, 5.41) is 54.4. The van der Waals surface area contributed by atoms with Crippen LogP contribution in [0.3, 0.4) is 0 Å². The molecule has 0 aromatic carbocycles. The molecule has 6 N–H and O–H groups in total. The van der Waals surface area contributed by atoms with E-state index in [0.29, 0.717) is 12.8 Å². The zero-order chi connectivity index (χ0) is 52.2. The molecule has 1 aliphatic heterocycles. The lowest BCUT2D eigenvalue weighted by Crippen LogP contribution is -2.60. The summed E-state index contributed by atoms with van der Waals surface area (Å²) in [6.07, 6.45) is 71.9. The first-order valence-corrected chi connectivity index (χ1v) is 28.1. The summed E-state index contributed by atoms with van der Waals surface area (Å²) in [6, 6.07) is -0.871. The van der Waals surface area contributed by atoms with Gasteiger partial charge in [0.25, 0.3) is 0 Å². The lowest BCUT2D eigenvalue weighted by Gasteiger charge is -2.40. The van der Waals surface area contributed by atoms with Gasteiger partial charge in [-0.1, -0.05) is 217 Å². The number of hydrogen-bond acceptors (Lipinski definition) is 8. The Morgan fingerprint density at radius 2 is 0.875 bits per heavy atom. The van der Waals surface area contributed by atoms with Gasteiger partial charge < -0.3 is 40.3 Å². The number of carbonyl (C=O) groups excluding carboxylic acids is 1. The van der Waals surface area contributed by atoms with Crippen molar-refractivity contribution >= 4 is 5.91 Å². The van der Waals surface area contributed by atoms with Crippen molar-refractivity contribution in [1.82, 2.24) is 5.32 Å². The Kier molecular flexibility index (Phi) is 46.4. The van der Waals surface area contributed by atoms with E-state index in [-0.39, 0.29) is 18.9 Å². The maximum absolute atomic E-state index is 13.0. The molecule has 0 aliphatic carbocycles. The molecule has 1 fully saturated rings. The van der Waals surface area contributed by atoms with Crippen LogP contribution in [0.25, 0.3) is 0 Å². The Bertz CT molecular complexity index is 1630. The third-order valence-corrected chi connectivity index (χ3v) is 12.1. The molecule has 406 valence electrons. The molecule has 0 aromatic rings. The number of unbranched alkanes of at least 4 members (excludes halogenated alkanes) is 13. The number of amides is 1. The Morgan fingerprint density at radius 1 is 0.486 bits per heavy atom. The normalized spacial score (nSPS) is 20.3. The van der Waals surface area contributed by atoms with Crippen LogP contribution in [0.2, 0.25) is 0 Å². The largest absolute Gasteiger partial charge is 0.394 e. The van der Waals surface area contributed by atoms with E-state index in [1.807, 2.05) is 6.08 Å². The molecule has 0 saturated carbocycles. The molecule has 1 heterocycles. The van der Waals surface area contributed by atoms with Crippen LogP contribution < -0.4 is 5.32 Å². The first-order valence-electron chi connectivity index (χ1n) is 28.1. The number of allylic oxidation sites excluding steroid dienone is 23. The molecule has 0 spiro atoms. The van der Waals surface area contributed by atoms with Gasteiger partial charge in [0.15, 0.2) is 6.29 Å². The molecule has 1 aliphatic rings. The van der Waals surface area contributed by atoms with Crippen molar-refractivity contribution in [2.45, 2.75) is 230 Å². The van der Waals surface area contributed by atoms with Crippen LogP contribution in [-0.2, 0) is 14.3 Å². The molecule has 9 nitrogen and oxygen atoms in total. The van der Waals surface area contributed by atoms with Crippen LogP contribution in [0.1, 0.15) is 187 Å². The van der Waals surface area contributed by atoms with Crippen LogP contribution >= 0.6 is 0 Å². The van der Waals surface area contributed by atoms with Gasteiger partial charge in [-0.2, -0.15) is 0 Å². The Morgan fingerprint density at radius 3 is 1.33 bits per heavy atom. The lowest BCUT2D eigenvalue weighted by atomic mass is 9.99. The molecule has 7 unspecified atom stereocenters. The number of aliphatic hydroxyl groups is 5. The van der Waals surface area contributed by atoms with Gasteiger partial charge in [-0.25, -0.2) is 0 Å². The standard InChI is InChI=1S/C63H101NO8/c1-3-5-7-9-11-13-15-17-19-21-23-25-26-27-28-29-30-31-32-33-35-37-39-41-43-45-47-49-51-53-59(67)64-56(55-71-63-62(70)61(69)60(68)58(54-65)72-63)57(66)52-50-48-46-44-42-40-38-36-34-24-22-20-18-16-14-12-10-8-6-4-2/h5,7,11,13,17,19,23,25,27-28,30-31,33-36,39,41-42,44-45,47,50,52,56-58,60-63,65-66,68-70H,3-4,6,8-10,12,14-16,18,20-22,24,26,29,32,37-38,40,43,46,48-49,51,53-55H2,1-2H3,(H,64,67)/b7-5-,13-11-,19-17-,25-23-,28-27-,31-30-,35-33-,36-34+,41-39-,44-42+,47-45-,52-50+. The molecular weight excluding hydrogens is 899 g/mol. The third kappa shape index (κ3) is 39.6. The number of rotatable bonds is 45. The SMILES string of the molecule is CC/C=C\C/C=C\C/C=C\C/C=C\C/C=C\C/C=C\C/C=C\C/C=C\C/C=C\CCCC(=O)NC(COC1OC(CO)C(O)C(O)C1O)C(O)/C=C/CC/C=C/CC/C=C/CCCCCCCCCCCC. The molecule has 0 aromatic heterocycles. The van der Waals surface area contributed by atoms with E-state index in [9.17, 15) is 30.3 Å². The van der Waals surface area contributed by atoms with E-state index in [2.05, 4.69) is 153 Å². The summed E-state index contributed by atoms with van der Waals surface area (Å²) in [7, 11) is 0. The highest BCUT2D eigenvalue weighted by Crippen LogP contribution is 2.22. The van der Waals surface area contributed by atoms with E-state index < -0.39 is 49.5 Å². The van der Waals surface area contributed by atoms with Crippen molar-refractivity contribution < 1.29 is 39.8 Å². The van der Waals surface area contributed by atoms with Crippen molar-refractivity contribution in [3.05, 3.63) is 146 Å². The average Bonchev–Trinajstić information content (AvgIpc) is 3.38. The van der Waals surface area contributed by atoms with Crippen molar-refractivity contribution in [3.8, 4) is 0 Å². The minimum absolute atomic E-state index is 0.240. The number of carbonyl (C=O) groups is 1.